The van der Waals surface area contributed by atoms with Crippen molar-refractivity contribution in [2.75, 3.05) is 26.2 Å². The van der Waals surface area contributed by atoms with Crippen molar-refractivity contribution in [3.8, 4) is 0 Å². The van der Waals surface area contributed by atoms with Gasteiger partial charge in [-0.1, -0.05) is 0 Å². The maximum atomic E-state index is 8.82. The van der Waals surface area contributed by atoms with Crippen LogP contribution in [-0.2, 0) is 6.54 Å². The zero-order valence-corrected chi connectivity index (χ0v) is 11.2. The van der Waals surface area contributed by atoms with Crippen LogP contribution in [-0.4, -0.2) is 47.3 Å². The highest BCUT2D eigenvalue weighted by molar-refractivity contribution is 7.09. The Morgan fingerprint density at radius 1 is 1.65 bits per heavy atom. The number of rotatable bonds is 5. The first kappa shape index (κ1) is 13.0. The number of piperidine rings is 1. The number of aromatic nitrogens is 1. The minimum absolute atomic E-state index is 0.224. The molecule has 1 fully saturated rings. The molecule has 2 rings (SSSR count). The predicted molar refractivity (Wildman–Crippen MR) is 70.2 cm³/mol. The molecule has 1 unspecified atom stereocenters. The lowest BCUT2D eigenvalue weighted by molar-refractivity contribution is 0.176. The molecule has 2 heterocycles. The number of hydrogen-bond acceptors (Lipinski definition) is 5. The number of aliphatic hydroxyl groups is 1. The number of aryl methyl sites for hydroxylation is 1. The molecule has 0 saturated carbocycles. The van der Waals surface area contributed by atoms with Gasteiger partial charge in [0.15, 0.2) is 0 Å². The first-order valence-corrected chi connectivity index (χ1v) is 7.13. The SMILES string of the molecule is Cc1csc(CN2CCCC(NCCO)C2)n1. The van der Waals surface area contributed by atoms with E-state index in [-0.39, 0.29) is 6.61 Å². The van der Waals surface area contributed by atoms with E-state index in [4.69, 9.17) is 5.11 Å². The maximum absolute atomic E-state index is 8.82. The summed E-state index contributed by atoms with van der Waals surface area (Å²) in [5.74, 6) is 0. The molecule has 2 N–H and O–H groups in total. The number of nitrogens with zero attached hydrogens (tertiary/aromatic N) is 2. The third kappa shape index (κ3) is 4.03. The van der Waals surface area contributed by atoms with Crippen LogP contribution in [0.2, 0.25) is 0 Å². The Bertz CT molecular complexity index is 342. The van der Waals surface area contributed by atoms with Crippen LogP contribution in [0, 0.1) is 6.92 Å². The van der Waals surface area contributed by atoms with Gasteiger partial charge in [-0.15, -0.1) is 11.3 Å². The molecular weight excluding hydrogens is 234 g/mol. The standard InChI is InChI=1S/C12H21N3OS/c1-10-9-17-12(14-10)8-15-5-2-3-11(7-15)13-4-6-16/h9,11,13,16H,2-8H2,1H3. The first-order valence-electron chi connectivity index (χ1n) is 6.25. The topological polar surface area (TPSA) is 48.4 Å². The van der Waals surface area contributed by atoms with Gasteiger partial charge in [-0.2, -0.15) is 0 Å². The monoisotopic (exact) mass is 255 g/mol. The van der Waals surface area contributed by atoms with Crippen molar-refractivity contribution in [2.45, 2.75) is 32.4 Å². The largest absolute Gasteiger partial charge is 0.395 e. The molecule has 0 spiro atoms. The lowest BCUT2D eigenvalue weighted by Gasteiger charge is -2.32. The molecule has 0 radical (unpaired) electrons. The molecule has 1 aromatic heterocycles. The maximum Gasteiger partial charge on any atom is 0.107 e. The van der Waals surface area contributed by atoms with Crippen molar-refractivity contribution >= 4 is 11.3 Å². The van der Waals surface area contributed by atoms with E-state index >= 15 is 0 Å². The van der Waals surface area contributed by atoms with Crippen LogP contribution in [0.4, 0.5) is 0 Å². The second-order valence-electron chi connectivity index (χ2n) is 4.63. The Kier molecular flexibility index (Phi) is 4.91. The first-order chi connectivity index (χ1) is 8.28. The fourth-order valence-corrected chi connectivity index (χ4v) is 3.11. The van der Waals surface area contributed by atoms with Crippen LogP contribution in [0.1, 0.15) is 23.5 Å². The summed E-state index contributed by atoms with van der Waals surface area (Å²) in [5.41, 5.74) is 1.12. The van der Waals surface area contributed by atoms with Crippen molar-refractivity contribution in [3.63, 3.8) is 0 Å². The smallest absolute Gasteiger partial charge is 0.107 e. The highest BCUT2D eigenvalue weighted by Gasteiger charge is 2.19. The Balaban J connectivity index is 1.80. The van der Waals surface area contributed by atoms with Crippen molar-refractivity contribution < 1.29 is 5.11 Å². The summed E-state index contributed by atoms with van der Waals surface area (Å²) in [6, 6.07) is 0.525. The number of aliphatic hydroxyl groups excluding tert-OH is 1. The van der Waals surface area contributed by atoms with Crippen LogP contribution in [0.5, 0.6) is 0 Å². The highest BCUT2D eigenvalue weighted by Crippen LogP contribution is 2.16. The van der Waals surface area contributed by atoms with Gasteiger partial charge in [0.25, 0.3) is 0 Å². The van der Waals surface area contributed by atoms with Gasteiger partial charge in [-0.3, -0.25) is 4.90 Å². The molecule has 0 aromatic carbocycles. The third-order valence-corrected chi connectivity index (χ3v) is 4.03. The molecule has 4 nitrogen and oxygen atoms in total. The molecule has 1 aromatic rings. The van der Waals surface area contributed by atoms with Crippen LogP contribution >= 0.6 is 11.3 Å². The van der Waals surface area contributed by atoms with E-state index in [1.165, 1.54) is 17.8 Å². The number of likely N-dealkylation sites (tertiary alicyclic amines) is 1. The summed E-state index contributed by atoms with van der Waals surface area (Å²) in [5, 5.41) is 15.5. The van der Waals surface area contributed by atoms with E-state index in [9.17, 15) is 0 Å². The van der Waals surface area contributed by atoms with Crippen molar-refractivity contribution in [1.29, 1.82) is 0 Å². The van der Waals surface area contributed by atoms with Crippen molar-refractivity contribution in [1.82, 2.24) is 15.2 Å². The zero-order valence-electron chi connectivity index (χ0n) is 10.4. The van der Waals surface area contributed by atoms with E-state index in [0.717, 1.165) is 25.3 Å². The molecular formula is C12H21N3OS. The van der Waals surface area contributed by atoms with Gasteiger partial charge in [0.05, 0.1) is 13.2 Å². The van der Waals surface area contributed by atoms with Gasteiger partial charge in [-0.25, -0.2) is 4.98 Å². The third-order valence-electron chi connectivity index (χ3n) is 3.08. The van der Waals surface area contributed by atoms with Gasteiger partial charge < -0.3 is 10.4 Å². The fraction of sp³-hybridized carbons (Fsp3) is 0.750. The lowest BCUT2D eigenvalue weighted by Crippen LogP contribution is -2.46. The average Bonchev–Trinajstić information content (AvgIpc) is 2.73. The molecule has 1 saturated heterocycles. The molecule has 0 amide bonds. The van der Waals surface area contributed by atoms with Crippen LogP contribution in [0.3, 0.4) is 0 Å². The summed E-state index contributed by atoms with van der Waals surface area (Å²) in [6.45, 7) is 6.17. The van der Waals surface area contributed by atoms with Gasteiger partial charge in [0.1, 0.15) is 5.01 Å². The van der Waals surface area contributed by atoms with Crippen LogP contribution in [0.25, 0.3) is 0 Å². The highest BCUT2D eigenvalue weighted by atomic mass is 32.1. The second-order valence-corrected chi connectivity index (χ2v) is 5.58. The van der Waals surface area contributed by atoms with E-state index in [1.807, 2.05) is 6.92 Å². The quantitative estimate of drug-likeness (QED) is 0.824. The molecule has 17 heavy (non-hydrogen) atoms. The summed E-state index contributed by atoms with van der Waals surface area (Å²) >= 11 is 1.75. The fourth-order valence-electron chi connectivity index (χ4n) is 2.30. The van der Waals surface area contributed by atoms with E-state index in [0.29, 0.717) is 12.6 Å². The minimum Gasteiger partial charge on any atom is -0.395 e. The van der Waals surface area contributed by atoms with Crippen LogP contribution in [0.15, 0.2) is 5.38 Å². The Labute approximate surface area is 107 Å². The predicted octanol–water partition coefficient (Wildman–Crippen LogP) is 0.998. The van der Waals surface area contributed by atoms with Gasteiger partial charge in [0, 0.05) is 30.2 Å². The van der Waals surface area contributed by atoms with E-state index < -0.39 is 0 Å². The average molecular weight is 255 g/mol. The van der Waals surface area contributed by atoms with Crippen LogP contribution < -0.4 is 5.32 Å². The molecule has 1 aliphatic heterocycles. The van der Waals surface area contributed by atoms with Gasteiger partial charge in [0.2, 0.25) is 0 Å². The molecule has 0 aliphatic carbocycles. The summed E-state index contributed by atoms with van der Waals surface area (Å²) in [6.07, 6.45) is 2.45. The molecule has 96 valence electrons. The Morgan fingerprint density at radius 3 is 3.24 bits per heavy atom. The van der Waals surface area contributed by atoms with E-state index in [2.05, 4.69) is 20.6 Å². The summed E-state index contributed by atoms with van der Waals surface area (Å²) in [7, 11) is 0. The number of thiazole rings is 1. The minimum atomic E-state index is 0.224. The summed E-state index contributed by atoms with van der Waals surface area (Å²) < 4.78 is 0. The number of nitrogens with one attached hydrogen (secondary N) is 1. The molecule has 1 atom stereocenters. The molecule has 0 bridgehead atoms. The van der Waals surface area contributed by atoms with Gasteiger partial charge >= 0.3 is 0 Å². The lowest BCUT2D eigenvalue weighted by atomic mass is 10.1. The molecule has 5 heteroatoms. The molecule has 1 aliphatic rings. The number of hydrogen-bond donors (Lipinski definition) is 2. The van der Waals surface area contributed by atoms with Crippen molar-refractivity contribution in [2.24, 2.45) is 0 Å². The normalized spacial score (nSPS) is 21.9. The Hall–Kier alpha value is -0.490. The summed E-state index contributed by atoms with van der Waals surface area (Å²) in [4.78, 5) is 6.96. The second kappa shape index (κ2) is 6.44. The van der Waals surface area contributed by atoms with Gasteiger partial charge in [-0.05, 0) is 26.3 Å². The zero-order chi connectivity index (χ0) is 12.1. The Morgan fingerprint density at radius 2 is 2.53 bits per heavy atom. The van der Waals surface area contributed by atoms with Crippen molar-refractivity contribution in [3.05, 3.63) is 16.1 Å². The van der Waals surface area contributed by atoms with E-state index in [1.54, 1.807) is 11.3 Å².